The van der Waals surface area contributed by atoms with Crippen LogP contribution in [0.5, 0.6) is 0 Å². The number of pyridine rings is 1. The van der Waals surface area contributed by atoms with Crippen molar-refractivity contribution < 1.29 is 0 Å². The van der Waals surface area contributed by atoms with Crippen LogP contribution in [0.3, 0.4) is 0 Å². The van der Waals surface area contributed by atoms with Crippen LogP contribution in [0.15, 0.2) is 12.1 Å². The summed E-state index contributed by atoms with van der Waals surface area (Å²) in [5.74, 6) is 1.06. The average Bonchev–Trinajstić information content (AvgIpc) is 2.81. The molecule has 0 radical (unpaired) electrons. The van der Waals surface area contributed by atoms with Gasteiger partial charge in [-0.15, -0.1) is 0 Å². The number of halogens is 1. The van der Waals surface area contributed by atoms with E-state index in [4.69, 9.17) is 11.6 Å². The SMILES string of the molecule is CC(C)NCc1nc(N2CCCC2)ccc1Cl. The molecule has 0 spiro atoms. The number of nitrogens with one attached hydrogen (secondary N) is 1. The molecule has 0 saturated carbocycles. The molecule has 1 fully saturated rings. The molecular formula is C13H20ClN3. The van der Waals surface area contributed by atoms with Crippen LogP contribution in [-0.2, 0) is 6.54 Å². The quantitative estimate of drug-likeness (QED) is 0.895. The molecule has 0 aromatic carbocycles. The Morgan fingerprint density at radius 1 is 1.35 bits per heavy atom. The predicted octanol–water partition coefficient (Wildman–Crippen LogP) is 2.83. The Morgan fingerprint density at radius 2 is 2.06 bits per heavy atom. The molecule has 0 atom stereocenters. The monoisotopic (exact) mass is 253 g/mol. The maximum atomic E-state index is 6.17. The van der Waals surface area contributed by atoms with Gasteiger partial charge < -0.3 is 10.2 Å². The molecule has 1 aromatic heterocycles. The van der Waals surface area contributed by atoms with Crippen LogP contribution in [0.1, 0.15) is 32.4 Å². The number of nitrogens with zero attached hydrogens (tertiary/aromatic N) is 2. The van der Waals surface area contributed by atoms with Gasteiger partial charge in [0.05, 0.1) is 10.7 Å². The summed E-state index contributed by atoms with van der Waals surface area (Å²) in [7, 11) is 0. The largest absolute Gasteiger partial charge is 0.357 e. The number of rotatable bonds is 4. The van der Waals surface area contributed by atoms with Crippen molar-refractivity contribution in [2.45, 2.75) is 39.3 Å². The van der Waals surface area contributed by atoms with Crippen molar-refractivity contribution in [3.63, 3.8) is 0 Å². The van der Waals surface area contributed by atoms with E-state index in [2.05, 4.69) is 29.0 Å². The molecule has 0 amide bonds. The lowest BCUT2D eigenvalue weighted by Crippen LogP contribution is -2.24. The third kappa shape index (κ3) is 3.33. The third-order valence-corrected chi connectivity index (χ3v) is 3.36. The number of anilines is 1. The lowest BCUT2D eigenvalue weighted by atomic mass is 10.3. The molecule has 3 nitrogen and oxygen atoms in total. The Labute approximate surface area is 108 Å². The second-order valence-electron chi connectivity index (χ2n) is 4.83. The smallest absolute Gasteiger partial charge is 0.128 e. The minimum Gasteiger partial charge on any atom is -0.357 e. The summed E-state index contributed by atoms with van der Waals surface area (Å²) in [5, 5.41) is 4.11. The van der Waals surface area contributed by atoms with E-state index in [1.807, 2.05) is 12.1 Å². The first-order chi connectivity index (χ1) is 8.16. The standard InChI is InChI=1S/C13H20ClN3/c1-10(2)15-9-12-11(14)5-6-13(16-12)17-7-3-4-8-17/h5-6,10,15H,3-4,7-9H2,1-2H3. The minimum absolute atomic E-state index is 0.448. The Balaban J connectivity index is 2.11. The van der Waals surface area contributed by atoms with Gasteiger partial charge in [0.1, 0.15) is 5.82 Å². The van der Waals surface area contributed by atoms with Crippen LogP contribution in [0.4, 0.5) is 5.82 Å². The van der Waals surface area contributed by atoms with Gasteiger partial charge in [0.2, 0.25) is 0 Å². The van der Waals surface area contributed by atoms with Crippen LogP contribution in [0, 0.1) is 0 Å². The summed E-state index contributed by atoms with van der Waals surface area (Å²) < 4.78 is 0. The fourth-order valence-electron chi connectivity index (χ4n) is 2.02. The molecule has 1 N–H and O–H groups in total. The maximum Gasteiger partial charge on any atom is 0.128 e. The second-order valence-corrected chi connectivity index (χ2v) is 5.23. The molecule has 17 heavy (non-hydrogen) atoms. The molecule has 2 heterocycles. The van der Waals surface area contributed by atoms with Crippen molar-refractivity contribution in [2.75, 3.05) is 18.0 Å². The van der Waals surface area contributed by atoms with Crippen molar-refractivity contribution in [3.05, 3.63) is 22.8 Å². The van der Waals surface area contributed by atoms with Crippen molar-refractivity contribution in [3.8, 4) is 0 Å². The highest BCUT2D eigenvalue weighted by Gasteiger charge is 2.14. The first kappa shape index (κ1) is 12.7. The molecule has 2 rings (SSSR count). The van der Waals surface area contributed by atoms with Gasteiger partial charge in [-0.2, -0.15) is 0 Å². The van der Waals surface area contributed by atoms with Gasteiger partial charge >= 0.3 is 0 Å². The lowest BCUT2D eigenvalue weighted by molar-refractivity contribution is 0.581. The molecule has 1 aliphatic rings. The Morgan fingerprint density at radius 3 is 2.71 bits per heavy atom. The molecule has 1 saturated heterocycles. The Hall–Kier alpha value is -0.800. The van der Waals surface area contributed by atoms with Gasteiger partial charge in [0.25, 0.3) is 0 Å². The molecule has 94 valence electrons. The summed E-state index contributed by atoms with van der Waals surface area (Å²) in [5.41, 5.74) is 0.949. The zero-order valence-corrected chi connectivity index (χ0v) is 11.3. The van der Waals surface area contributed by atoms with Gasteiger partial charge in [-0.3, -0.25) is 0 Å². The van der Waals surface area contributed by atoms with Gasteiger partial charge in [-0.1, -0.05) is 25.4 Å². The molecule has 0 unspecified atom stereocenters. The van der Waals surface area contributed by atoms with Crippen LogP contribution in [0.25, 0.3) is 0 Å². The average molecular weight is 254 g/mol. The molecule has 4 heteroatoms. The fraction of sp³-hybridized carbons (Fsp3) is 0.615. The number of hydrogen-bond acceptors (Lipinski definition) is 3. The summed E-state index contributed by atoms with van der Waals surface area (Å²) >= 11 is 6.17. The van der Waals surface area contributed by atoms with E-state index in [1.54, 1.807) is 0 Å². The Bertz CT molecular complexity index is 373. The normalized spacial score (nSPS) is 15.9. The van der Waals surface area contributed by atoms with E-state index in [-0.39, 0.29) is 0 Å². The van der Waals surface area contributed by atoms with Crippen LogP contribution < -0.4 is 10.2 Å². The summed E-state index contributed by atoms with van der Waals surface area (Å²) in [6.07, 6.45) is 2.54. The van der Waals surface area contributed by atoms with Gasteiger partial charge in [0.15, 0.2) is 0 Å². The maximum absolute atomic E-state index is 6.17. The van der Waals surface area contributed by atoms with Crippen LogP contribution in [-0.4, -0.2) is 24.1 Å². The first-order valence-electron chi connectivity index (χ1n) is 6.30. The first-order valence-corrected chi connectivity index (χ1v) is 6.68. The second kappa shape index (κ2) is 5.69. The zero-order chi connectivity index (χ0) is 12.3. The van der Waals surface area contributed by atoms with Crippen molar-refractivity contribution >= 4 is 17.4 Å². The Kier molecular flexibility index (Phi) is 4.24. The van der Waals surface area contributed by atoms with E-state index >= 15 is 0 Å². The van der Waals surface area contributed by atoms with Crippen molar-refractivity contribution in [1.29, 1.82) is 0 Å². The summed E-state index contributed by atoms with van der Waals surface area (Å²) in [6, 6.07) is 4.43. The highest BCUT2D eigenvalue weighted by atomic mass is 35.5. The van der Waals surface area contributed by atoms with Gasteiger partial charge in [-0.05, 0) is 25.0 Å². The van der Waals surface area contributed by atoms with E-state index in [1.165, 1.54) is 12.8 Å². The van der Waals surface area contributed by atoms with E-state index in [9.17, 15) is 0 Å². The zero-order valence-electron chi connectivity index (χ0n) is 10.5. The number of aromatic nitrogens is 1. The predicted molar refractivity (Wildman–Crippen MR) is 72.7 cm³/mol. The molecular weight excluding hydrogens is 234 g/mol. The summed E-state index contributed by atoms with van der Waals surface area (Å²) in [6.45, 7) is 7.21. The minimum atomic E-state index is 0.448. The molecule has 1 aliphatic heterocycles. The topological polar surface area (TPSA) is 28.2 Å². The molecule has 0 aliphatic carbocycles. The van der Waals surface area contributed by atoms with Gasteiger partial charge in [0, 0.05) is 25.7 Å². The van der Waals surface area contributed by atoms with Crippen molar-refractivity contribution in [2.24, 2.45) is 0 Å². The third-order valence-electron chi connectivity index (χ3n) is 3.01. The van der Waals surface area contributed by atoms with Crippen molar-refractivity contribution in [1.82, 2.24) is 10.3 Å². The highest BCUT2D eigenvalue weighted by Crippen LogP contribution is 2.22. The number of hydrogen-bond donors (Lipinski definition) is 1. The molecule has 0 bridgehead atoms. The lowest BCUT2D eigenvalue weighted by Gasteiger charge is -2.18. The summed E-state index contributed by atoms with van der Waals surface area (Å²) in [4.78, 5) is 6.99. The fourth-order valence-corrected chi connectivity index (χ4v) is 2.19. The van der Waals surface area contributed by atoms with Crippen LogP contribution in [0.2, 0.25) is 5.02 Å². The van der Waals surface area contributed by atoms with E-state index in [0.717, 1.165) is 36.2 Å². The van der Waals surface area contributed by atoms with E-state index in [0.29, 0.717) is 6.04 Å². The van der Waals surface area contributed by atoms with Crippen LogP contribution >= 0.6 is 11.6 Å². The highest BCUT2D eigenvalue weighted by molar-refractivity contribution is 6.31. The van der Waals surface area contributed by atoms with E-state index < -0.39 is 0 Å². The van der Waals surface area contributed by atoms with Gasteiger partial charge in [-0.25, -0.2) is 4.98 Å². The molecule has 1 aromatic rings.